The van der Waals surface area contributed by atoms with E-state index >= 15 is 0 Å². The zero-order chi connectivity index (χ0) is 35.1. The molecule has 1 unspecified atom stereocenters. The molecule has 1 aromatic heterocycles. The van der Waals surface area contributed by atoms with Crippen LogP contribution in [0.4, 0.5) is 10.7 Å². The summed E-state index contributed by atoms with van der Waals surface area (Å²) in [5.74, 6) is -0.845. The molecule has 49 heavy (non-hydrogen) atoms. The van der Waals surface area contributed by atoms with E-state index in [4.69, 9.17) is 0 Å². The van der Waals surface area contributed by atoms with Crippen molar-refractivity contribution in [1.29, 1.82) is 5.26 Å². The van der Waals surface area contributed by atoms with E-state index in [2.05, 4.69) is 35.9 Å². The molecule has 2 heterocycles. The topological polar surface area (TPSA) is 131 Å². The monoisotopic (exact) mass is 691 g/mol. The highest BCUT2D eigenvalue weighted by Gasteiger charge is 2.27. The van der Waals surface area contributed by atoms with Crippen LogP contribution in [0.2, 0.25) is 0 Å². The van der Waals surface area contributed by atoms with Gasteiger partial charge in [-0.2, -0.15) is 5.26 Å². The lowest BCUT2D eigenvalue weighted by atomic mass is 10.0. The van der Waals surface area contributed by atoms with Gasteiger partial charge in [0.2, 0.25) is 11.8 Å². The van der Waals surface area contributed by atoms with Gasteiger partial charge in [-0.05, 0) is 72.4 Å². The number of nitrogens with one attached hydrogen (secondary N) is 3. The lowest BCUT2D eigenvalue weighted by Crippen LogP contribution is -2.33. The second kappa shape index (κ2) is 15.8. The Bertz CT molecular complexity index is 1940. The van der Waals surface area contributed by atoms with Gasteiger partial charge in [-0.25, -0.2) is 0 Å². The first kappa shape index (κ1) is 35.1. The molecule has 0 radical (unpaired) electrons. The number of thiophene rings is 1. The molecule has 0 saturated carbocycles. The van der Waals surface area contributed by atoms with Crippen molar-refractivity contribution in [3.63, 3.8) is 0 Å². The maximum absolute atomic E-state index is 13.6. The van der Waals surface area contributed by atoms with Gasteiger partial charge in [0.25, 0.3) is 11.8 Å². The molecule has 11 heteroatoms. The highest BCUT2D eigenvalue weighted by molar-refractivity contribution is 8.00. The van der Waals surface area contributed by atoms with Crippen molar-refractivity contribution in [2.75, 3.05) is 17.2 Å². The quantitative estimate of drug-likeness (QED) is 0.119. The molecule has 4 amide bonds. The Morgan fingerprint density at radius 1 is 0.959 bits per heavy atom. The second-order valence-corrected chi connectivity index (χ2v) is 14.5. The smallest absolute Gasteiger partial charge is 0.272 e. The van der Waals surface area contributed by atoms with E-state index < -0.39 is 17.1 Å². The molecule has 1 atom stereocenters. The summed E-state index contributed by atoms with van der Waals surface area (Å²) in [4.78, 5) is 55.2. The van der Waals surface area contributed by atoms with E-state index in [1.54, 1.807) is 60.4 Å². The molecule has 4 aromatic rings. The Balaban J connectivity index is 1.28. The molecule has 3 aromatic carbocycles. The average molecular weight is 692 g/mol. The third-order valence-corrected chi connectivity index (χ3v) is 10.3. The first-order valence-corrected chi connectivity index (χ1v) is 17.6. The van der Waals surface area contributed by atoms with Gasteiger partial charge in [-0.3, -0.25) is 19.2 Å². The molecule has 5 rings (SSSR count). The molecule has 1 aliphatic heterocycles. The summed E-state index contributed by atoms with van der Waals surface area (Å²) in [6.45, 7) is 8.48. The van der Waals surface area contributed by atoms with Crippen molar-refractivity contribution in [3.8, 4) is 6.07 Å². The molecule has 0 bridgehead atoms. The maximum atomic E-state index is 13.6. The first-order valence-electron chi connectivity index (χ1n) is 15.9. The average Bonchev–Trinajstić information content (AvgIpc) is 3.44. The molecule has 0 saturated heterocycles. The van der Waals surface area contributed by atoms with Crippen LogP contribution in [-0.4, -0.2) is 40.3 Å². The van der Waals surface area contributed by atoms with Crippen molar-refractivity contribution in [2.45, 2.75) is 56.7 Å². The van der Waals surface area contributed by atoms with Gasteiger partial charge in [0.05, 0.1) is 17.4 Å². The minimum Gasteiger partial charge on any atom is -0.337 e. The molecular formula is C38H37N5O4S2. The van der Waals surface area contributed by atoms with E-state index in [-0.39, 0.29) is 17.5 Å². The number of anilines is 2. The van der Waals surface area contributed by atoms with Crippen molar-refractivity contribution in [1.82, 2.24) is 10.2 Å². The Morgan fingerprint density at radius 3 is 2.37 bits per heavy atom. The molecule has 9 nitrogen and oxygen atoms in total. The van der Waals surface area contributed by atoms with E-state index in [1.807, 2.05) is 36.4 Å². The summed E-state index contributed by atoms with van der Waals surface area (Å²) < 4.78 is 0. The number of fused-ring (bicyclic) bond motifs is 1. The van der Waals surface area contributed by atoms with E-state index in [0.717, 1.165) is 26.5 Å². The van der Waals surface area contributed by atoms with Crippen molar-refractivity contribution in [2.24, 2.45) is 0 Å². The largest absolute Gasteiger partial charge is 0.337 e. The number of nitrogens with zero attached hydrogens (tertiary/aromatic N) is 2. The Kier molecular flexibility index (Phi) is 11.3. The van der Waals surface area contributed by atoms with Gasteiger partial charge >= 0.3 is 0 Å². The van der Waals surface area contributed by atoms with Gasteiger partial charge in [0.15, 0.2) is 0 Å². The van der Waals surface area contributed by atoms with Gasteiger partial charge in [0.1, 0.15) is 16.8 Å². The lowest BCUT2D eigenvalue weighted by Gasteiger charge is -2.25. The summed E-state index contributed by atoms with van der Waals surface area (Å²) in [6, 6.07) is 25.9. The van der Waals surface area contributed by atoms with Crippen LogP contribution in [0.3, 0.4) is 0 Å². The van der Waals surface area contributed by atoms with Crippen LogP contribution in [0.5, 0.6) is 0 Å². The number of hydrogen-bond acceptors (Lipinski definition) is 7. The van der Waals surface area contributed by atoms with Gasteiger partial charge in [-0.1, -0.05) is 62.4 Å². The number of thioether (sulfide) groups is 1. The number of amides is 4. The third kappa shape index (κ3) is 8.84. The molecular weight excluding hydrogens is 655 g/mol. The SMILES string of the molecule is CC(=O)N1CCc2c(sc(NC(=O)C(C)Sc3cccc(NC(=O)/C(=C\c4ccc(C(C)C)cc4)NC(=O)c4ccccc4)c3)c2C#N)C1. The highest BCUT2D eigenvalue weighted by Crippen LogP contribution is 2.37. The van der Waals surface area contributed by atoms with Gasteiger partial charge < -0.3 is 20.9 Å². The Labute approximate surface area is 294 Å². The Hall–Kier alpha value is -5.18. The molecule has 0 aliphatic carbocycles. The van der Waals surface area contributed by atoms with Crippen molar-refractivity contribution >= 4 is 63.5 Å². The molecule has 0 spiro atoms. The standard InChI is InChI=1S/C38H37N5O4S2/c1-23(2)27-15-13-26(14-16-27)19-33(41-36(46)28-9-6-5-7-10-28)37(47)40-29-11-8-12-30(20-29)48-24(3)35(45)42-38-32(21-39)31-17-18-43(25(4)44)22-34(31)49-38/h5-16,19-20,23-24H,17-18,22H2,1-4H3,(H,40,47)(H,41,46)(H,42,45)/b33-19+. The summed E-state index contributed by atoms with van der Waals surface area (Å²) in [5, 5.41) is 18.4. The van der Waals surface area contributed by atoms with Crippen LogP contribution in [0.1, 0.15) is 71.1 Å². The number of hydrogen-bond donors (Lipinski definition) is 3. The predicted octanol–water partition coefficient (Wildman–Crippen LogP) is 7.18. The molecule has 0 fully saturated rings. The summed E-state index contributed by atoms with van der Waals surface area (Å²) >= 11 is 2.64. The number of nitriles is 1. The van der Waals surface area contributed by atoms with E-state index in [0.29, 0.717) is 47.2 Å². The van der Waals surface area contributed by atoms with Crippen LogP contribution in [0, 0.1) is 11.3 Å². The molecule has 1 aliphatic rings. The van der Waals surface area contributed by atoms with Crippen LogP contribution in [0.15, 0.2) is 89.5 Å². The number of carbonyl (C=O) groups is 4. The lowest BCUT2D eigenvalue weighted by molar-refractivity contribution is -0.129. The molecule has 3 N–H and O–H groups in total. The first-order chi connectivity index (χ1) is 23.5. The van der Waals surface area contributed by atoms with Crippen molar-refractivity contribution < 1.29 is 19.2 Å². The van der Waals surface area contributed by atoms with Crippen molar-refractivity contribution in [3.05, 3.63) is 117 Å². The molecule has 250 valence electrons. The zero-order valence-corrected chi connectivity index (χ0v) is 29.3. The Morgan fingerprint density at radius 2 is 1.69 bits per heavy atom. The summed E-state index contributed by atoms with van der Waals surface area (Å²) in [6.07, 6.45) is 2.21. The number of carbonyl (C=O) groups excluding carboxylic acids is 4. The number of rotatable bonds is 10. The van der Waals surface area contributed by atoms with Gasteiger partial charge in [-0.15, -0.1) is 23.1 Å². The summed E-state index contributed by atoms with van der Waals surface area (Å²) in [5.41, 5.74) is 4.26. The van der Waals surface area contributed by atoms with Crippen LogP contribution < -0.4 is 16.0 Å². The maximum Gasteiger partial charge on any atom is 0.272 e. The van der Waals surface area contributed by atoms with Crippen LogP contribution >= 0.6 is 23.1 Å². The summed E-state index contributed by atoms with van der Waals surface area (Å²) in [7, 11) is 0. The fourth-order valence-corrected chi connectivity index (χ4v) is 7.42. The third-order valence-electron chi connectivity index (χ3n) is 8.07. The second-order valence-electron chi connectivity index (χ2n) is 11.9. The van der Waals surface area contributed by atoms with Crippen LogP contribution in [-0.2, 0) is 27.3 Å². The van der Waals surface area contributed by atoms with E-state index in [9.17, 15) is 24.4 Å². The number of benzene rings is 3. The predicted molar refractivity (Wildman–Crippen MR) is 195 cm³/mol. The fourth-order valence-electron chi connectivity index (χ4n) is 5.28. The fraction of sp³-hybridized carbons (Fsp3) is 0.237. The van der Waals surface area contributed by atoms with Gasteiger partial charge in [0, 0.05) is 34.5 Å². The zero-order valence-electron chi connectivity index (χ0n) is 27.7. The minimum absolute atomic E-state index is 0.0211. The van der Waals surface area contributed by atoms with Crippen LogP contribution in [0.25, 0.3) is 6.08 Å². The van der Waals surface area contributed by atoms with E-state index in [1.165, 1.54) is 30.0 Å². The normalized spacial score (nSPS) is 13.2. The highest BCUT2D eigenvalue weighted by atomic mass is 32.2. The minimum atomic E-state index is -0.528.